The van der Waals surface area contributed by atoms with Gasteiger partial charge in [-0.2, -0.15) is 10.5 Å². The van der Waals surface area contributed by atoms with E-state index in [1.54, 1.807) is 60.7 Å². The molecule has 0 unspecified atom stereocenters. The van der Waals surface area contributed by atoms with E-state index in [-0.39, 0.29) is 58.2 Å². The molecule has 4 bridgehead atoms. The molecular formula is C64H82Cl2N14O10S2. The Morgan fingerprint density at radius 1 is 0.565 bits per heavy atom. The zero-order valence-electron chi connectivity index (χ0n) is 51.4. The van der Waals surface area contributed by atoms with Crippen molar-refractivity contribution in [2.45, 2.75) is 122 Å². The molecule has 4 aromatic carbocycles. The van der Waals surface area contributed by atoms with Gasteiger partial charge in [-0.3, -0.25) is 19.6 Å². The summed E-state index contributed by atoms with van der Waals surface area (Å²) in [6.07, 6.45) is 5.45. The van der Waals surface area contributed by atoms with E-state index in [9.17, 15) is 36.9 Å². The van der Waals surface area contributed by atoms with E-state index in [0.717, 1.165) is 74.4 Å². The Balaban J connectivity index is 0.461. The molecule has 12 rings (SSSR count). The predicted molar refractivity (Wildman–Crippen MR) is 345 cm³/mol. The number of rotatable bonds is 29. The number of halogens is 2. The van der Waals surface area contributed by atoms with Gasteiger partial charge in [0.15, 0.2) is 0 Å². The number of unbranched alkanes of at least 4 members (excludes halogenated alkanes) is 1. The van der Waals surface area contributed by atoms with Gasteiger partial charge in [-0.1, -0.05) is 23.2 Å². The van der Waals surface area contributed by atoms with E-state index in [0.29, 0.717) is 174 Å². The Labute approximate surface area is 548 Å². The highest BCUT2D eigenvalue weighted by Gasteiger charge is 2.50. The summed E-state index contributed by atoms with van der Waals surface area (Å²) >= 11 is 13.0. The van der Waals surface area contributed by atoms with Crippen molar-refractivity contribution >= 4 is 55.3 Å². The maximum atomic E-state index is 13.5. The van der Waals surface area contributed by atoms with Gasteiger partial charge in [-0.25, -0.2) is 35.9 Å². The van der Waals surface area contributed by atoms with E-state index in [2.05, 4.69) is 73.1 Å². The molecule has 4 amide bonds. The number of ether oxygens (including phenoxy) is 4. The summed E-state index contributed by atoms with van der Waals surface area (Å²) in [5.41, 5.74) is 4.85. The van der Waals surface area contributed by atoms with Gasteiger partial charge in [0.25, 0.3) is 0 Å². The molecule has 6 aliphatic heterocycles. The van der Waals surface area contributed by atoms with Gasteiger partial charge < -0.3 is 50.8 Å². The number of likely N-dealkylation sites (tertiary alicyclic amines) is 4. The fourth-order valence-electron chi connectivity index (χ4n) is 14.8. The third-order valence-electron chi connectivity index (χ3n) is 19.3. The van der Waals surface area contributed by atoms with Crippen LogP contribution in [0.25, 0.3) is 0 Å². The van der Waals surface area contributed by atoms with Gasteiger partial charge >= 0.3 is 12.1 Å². The number of carbonyl (C=O) groups is 2. The molecule has 6 fully saturated rings. The fraction of sp³-hybridized carbons (Fsp3) is 0.562. The average Bonchev–Trinajstić information content (AvgIpc) is 1.61. The van der Waals surface area contributed by atoms with Crippen LogP contribution in [0.1, 0.15) is 84.1 Å². The summed E-state index contributed by atoms with van der Waals surface area (Å²) in [7, 11) is -7.61. The molecule has 4 aromatic rings. The van der Waals surface area contributed by atoms with Crippen molar-refractivity contribution in [3.05, 3.63) is 116 Å². The summed E-state index contributed by atoms with van der Waals surface area (Å²) in [5.74, 6) is 1.08. The second-order valence-electron chi connectivity index (χ2n) is 25.3. The molecule has 24 nitrogen and oxygen atoms in total. The first-order valence-electron chi connectivity index (χ1n) is 32.2. The first-order valence-corrected chi connectivity index (χ1v) is 35.9. The van der Waals surface area contributed by atoms with Crippen LogP contribution in [-0.2, 0) is 42.4 Å². The van der Waals surface area contributed by atoms with Crippen molar-refractivity contribution < 1.29 is 45.4 Å². The van der Waals surface area contributed by atoms with Gasteiger partial charge in [-0.15, -0.1) is 0 Å². The van der Waals surface area contributed by atoms with Crippen molar-refractivity contribution in [1.29, 1.82) is 10.5 Å². The normalized spacial score (nSPS) is 26.0. The van der Waals surface area contributed by atoms with Crippen molar-refractivity contribution in [3.8, 4) is 23.6 Å². The molecule has 8 aliphatic rings. The number of nitrogens with one attached hydrogen (secondary N) is 8. The molecular weight excluding hydrogens is 1260 g/mol. The largest absolute Gasteiger partial charge is 0.484 e. The first-order chi connectivity index (χ1) is 44.6. The van der Waals surface area contributed by atoms with Crippen LogP contribution in [0.2, 0.25) is 10.0 Å². The van der Waals surface area contributed by atoms with Gasteiger partial charge in [0.05, 0.1) is 71.6 Å². The Hall–Kier alpha value is -5.92. The van der Waals surface area contributed by atoms with Gasteiger partial charge in [0.2, 0.25) is 20.0 Å². The molecule has 92 heavy (non-hydrogen) atoms. The number of benzene rings is 4. The van der Waals surface area contributed by atoms with Crippen LogP contribution >= 0.6 is 23.2 Å². The minimum atomic E-state index is -3.81. The number of piperazine rings is 2. The summed E-state index contributed by atoms with van der Waals surface area (Å²) in [5, 5.41) is 39.2. The number of carbonyl (C=O) groups excluding carboxylic acids is 2. The highest BCUT2D eigenvalue weighted by atomic mass is 35.5. The standard InChI is InChI=1S/C64H82Cl2N14O10S2/c65-43-25-41(33-67)55-31-59(79-39-47-29-49(79)35-73-47)61(57(55)27-43)89-51-3-7-53(8-4-51)91(83,84)75-45-11-17-77(37-45)19-23-87-21-15-71-63(81)69-13-1-2-14-70-64(82)72-16-22-88-24-20-78-18-12-46(38-78)76-92(85,86)54-9-5-52(6-10-54)90-62-58-28-44(66)26-42(34-68)56(58)32-60(62)80-40-48-30-50(80)36-74-48/h3-10,25-28,45-50,59-62,73-76H,1-2,11-24,29-32,35-40H2,(H2,69,71,81)(H2,70,72,82)/t45-,46-,47-,48-,49-,50-,59-,60-,61-,62-/m0/s1. The van der Waals surface area contributed by atoms with Crippen LogP contribution in [0.4, 0.5) is 9.59 Å². The van der Waals surface area contributed by atoms with E-state index in [1.165, 1.54) is 0 Å². The molecule has 6 heterocycles. The Kier molecular flexibility index (Phi) is 21.4. The van der Waals surface area contributed by atoms with Gasteiger partial charge in [0, 0.05) is 125 Å². The molecule has 2 aliphatic carbocycles. The van der Waals surface area contributed by atoms with E-state index >= 15 is 0 Å². The third-order valence-corrected chi connectivity index (χ3v) is 22.8. The number of nitrogens with zero attached hydrogens (tertiary/aromatic N) is 6. The second kappa shape index (κ2) is 29.8. The van der Waals surface area contributed by atoms with Gasteiger partial charge in [-0.05, 0) is 160 Å². The molecule has 8 N–H and O–H groups in total. The molecule has 0 radical (unpaired) electrons. The molecule has 0 spiro atoms. The van der Waals surface area contributed by atoms with Crippen LogP contribution in [0.3, 0.4) is 0 Å². The highest BCUT2D eigenvalue weighted by Crippen LogP contribution is 2.46. The van der Waals surface area contributed by atoms with Crippen LogP contribution in [-0.4, -0.2) is 215 Å². The lowest BCUT2D eigenvalue weighted by Gasteiger charge is -2.36. The molecule has 0 saturated carbocycles. The average molecular weight is 1340 g/mol. The summed E-state index contributed by atoms with van der Waals surface area (Å²) in [6.45, 7) is 10.4. The smallest absolute Gasteiger partial charge is 0.314 e. The minimum Gasteiger partial charge on any atom is -0.484 e. The van der Waals surface area contributed by atoms with Crippen molar-refractivity contribution in [2.24, 2.45) is 0 Å². The lowest BCUT2D eigenvalue weighted by atomic mass is 10.0. The predicted octanol–water partition coefficient (Wildman–Crippen LogP) is 3.74. The molecule has 0 aromatic heterocycles. The lowest BCUT2D eigenvalue weighted by molar-refractivity contribution is 0.0614. The summed E-state index contributed by atoms with van der Waals surface area (Å²) < 4.78 is 84.6. The molecule has 10 atom stereocenters. The Morgan fingerprint density at radius 2 is 0.978 bits per heavy atom. The minimum absolute atomic E-state index is 0.0242. The fourth-order valence-corrected chi connectivity index (χ4v) is 17.7. The van der Waals surface area contributed by atoms with Crippen LogP contribution in [0, 0.1) is 22.7 Å². The highest BCUT2D eigenvalue weighted by molar-refractivity contribution is 7.89. The molecule has 6 saturated heterocycles. The summed E-state index contributed by atoms with van der Waals surface area (Å²) in [6, 6.07) is 25.5. The molecule has 28 heteroatoms. The zero-order valence-corrected chi connectivity index (χ0v) is 54.6. The summed E-state index contributed by atoms with van der Waals surface area (Å²) in [4.78, 5) is 34.3. The topological polar surface area (TPSA) is 296 Å². The monoisotopic (exact) mass is 1340 g/mol. The quantitative estimate of drug-likeness (QED) is 0.0359. The maximum absolute atomic E-state index is 13.5. The van der Waals surface area contributed by atoms with Crippen LogP contribution in [0.5, 0.6) is 11.5 Å². The first kappa shape index (κ1) is 66.1. The third kappa shape index (κ3) is 15.9. The van der Waals surface area contributed by atoms with E-state index in [4.69, 9.17) is 42.1 Å². The van der Waals surface area contributed by atoms with Crippen LogP contribution < -0.4 is 50.8 Å². The number of sulfonamides is 2. The SMILES string of the molecule is N#Cc1cc(Cl)cc2c1C[C@H](N1C[C@@H]3C[C@H]1CN3)[C@H]2Oc1ccc(S(=O)(=O)N[C@H]2CCN(CCOCCNC(=O)NCCCCNC(=O)NCCOCCN3CC[C@H](NS(=O)(=O)c4ccc(O[C@H]5c6cc(Cl)cc(C#N)c6C[C@@H]5N5C[C@@H]6C[C@H]5CN6)cc4)C3)C2)cc1. The number of hydrogen-bond acceptors (Lipinski definition) is 18. The zero-order chi connectivity index (χ0) is 63.9. The van der Waals surface area contributed by atoms with Gasteiger partial charge in [0.1, 0.15) is 23.7 Å². The van der Waals surface area contributed by atoms with Crippen molar-refractivity contribution in [1.82, 2.24) is 60.9 Å². The van der Waals surface area contributed by atoms with E-state index in [1.807, 2.05) is 12.1 Å². The number of amides is 4. The lowest BCUT2D eigenvalue weighted by Crippen LogP contribution is -2.50. The van der Waals surface area contributed by atoms with E-state index < -0.39 is 20.0 Å². The number of fused-ring (bicyclic) bond motifs is 6. The number of hydrogen-bond donors (Lipinski definition) is 8. The molecule has 494 valence electrons. The second-order valence-corrected chi connectivity index (χ2v) is 29.6. The number of urea groups is 2. The van der Waals surface area contributed by atoms with Crippen LogP contribution in [0.15, 0.2) is 82.6 Å². The number of nitriles is 2. The Morgan fingerprint density at radius 3 is 1.36 bits per heavy atom. The van der Waals surface area contributed by atoms with Crippen molar-refractivity contribution in [3.63, 3.8) is 0 Å². The van der Waals surface area contributed by atoms with Crippen molar-refractivity contribution in [2.75, 3.05) is 118 Å². The maximum Gasteiger partial charge on any atom is 0.314 e. The Bertz CT molecular complexity index is 3370.